The number of likely N-dealkylation sites (tertiary alicyclic amines) is 1. The summed E-state index contributed by atoms with van der Waals surface area (Å²) in [7, 11) is 0. The van der Waals surface area contributed by atoms with Crippen molar-refractivity contribution < 1.29 is 14.7 Å². The molecule has 3 heterocycles. The van der Waals surface area contributed by atoms with Gasteiger partial charge in [0.2, 0.25) is 11.8 Å². The monoisotopic (exact) mass is 284 g/mol. The molecular formula is C13H20N2O3S. The van der Waals surface area contributed by atoms with E-state index in [0.717, 1.165) is 19.3 Å². The molecule has 5 nitrogen and oxygen atoms in total. The molecule has 3 aliphatic rings. The van der Waals surface area contributed by atoms with Crippen LogP contribution >= 0.6 is 11.8 Å². The van der Waals surface area contributed by atoms with Gasteiger partial charge in [-0.1, -0.05) is 0 Å². The highest BCUT2D eigenvalue weighted by molar-refractivity contribution is 8.01. The second-order valence-electron chi connectivity index (χ2n) is 5.78. The lowest BCUT2D eigenvalue weighted by molar-refractivity contribution is -0.144. The van der Waals surface area contributed by atoms with Crippen LogP contribution in [-0.2, 0) is 9.59 Å². The van der Waals surface area contributed by atoms with E-state index in [1.165, 1.54) is 0 Å². The smallest absolute Gasteiger partial charge is 0.246 e. The molecule has 2 amide bonds. The van der Waals surface area contributed by atoms with E-state index in [0.29, 0.717) is 18.7 Å². The van der Waals surface area contributed by atoms with Crippen molar-refractivity contribution in [1.29, 1.82) is 0 Å². The number of carbonyl (C=O) groups excluding carboxylic acids is 2. The lowest BCUT2D eigenvalue weighted by Crippen LogP contribution is -2.52. The summed E-state index contributed by atoms with van der Waals surface area (Å²) in [5.74, 6) is 0.823. The summed E-state index contributed by atoms with van der Waals surface area (Å²) >= 11 is 1.72. The van der Waals surface area contributed by atoms with Crippen molar-refractivity contribution in [3.63, 3.8) is 0 Å². The van der Waals surface area contributed by atoms with Crippen LogP contribution in [0.25, 0.3) is 0 Å². The van der Waals surface area contributed by atoms with Gasteiger partial charge in [-0.2, -0.15) is 0 Å². The fourth-order valence-electron chi connectivity index (χ4n) is 3.51. The highest BCUT2D eigenvalue weighted by atomic mass is 32.2. The predicted octanol–water partition coefficient (Wildman–Crippen LogP) is 0.424. The number of fused-ring (bicyclic) bond motifs is 1. The number of hydrogen-bond donors (Lipinski definition) is 1. The molecule has 2 unspecified atom stereocenters. The first-order valence-corrected chi connectivity index (χ1v) is 7.93. The molecule has 0 aromatic carbocycles. The average Bonchev–Trinajstić information content (AvgIpc) is 3.05. The zero-order valence-electron chi connectivity index (χ0n) is 11.2. The van der Waals surface area contributed by atoms with Gasteiger partial charge in [0.25, 0.3) is 0 Å². The lowest BCUT2D eigenvalue weighted by atomic mass is 10.2. The van der Waals surface area contributed by atoms with Crippen LogP contribution in [0.15, 0.2) is 0 Å². The third kappa shape index (κ3) is 1.96. The number of hydrogen-bond acceptors (Lipinski definition) is 4. The molecule has 3 fully saturated rings. The molecule has 3 saturated heterocycles. The first-order chi connectivity index (χ1) is 9.07. The molecule has 3 atom stereocenters. The number of thioether (sulfide) groups is 1. The van der Waals surface area contributed by atoms with Gasteiger partial charge in [0.1, 0.15) is 6.04 Å². The van der Waals surface area contributed by atoms with Crippen LogP contribution in [0.1, 0.15) is 32.6 Å². The van der Waals surface area contributed by atoms with E-state index >= 15 is 0 Å². The van der Waals surface area contributed by atoms with Gasteiger partial charge in [0.15, 0.2) is 0 Å². The molecule has 6 heteroatoms. The van der Waals surface area contributed by atoms with Crippen molar-refractivity contribution in [3.8, 4) is 0 Å². The van der Waals surface area contributed by atoms with E-state index in [4.69, 9.17) is 0 Å². The second-order valence-corrected chi connectivity index (χ2v) is 7.28. The Morgan fingerprint density at radius 3 is 3.11 bits per heavy atom. The van der Waals surface area contributed by atoms with Gasteiger partial charge in [-0.3, -0.25) is 9.59 Å². The van der Waals surface area contributed by atoms with Gasteiger partial charge in [-0.05, 0) is 26.2 Å². The Bertz CT molecular complexity index is 417. The molecule has 0 aromatic heterocycles. The Balaban J connectivity index is 1.79. The summed E-state index contributed by atoms with van der Waals surface area (Å²) in [4.78, 5) is 28.1. The predicted molar refractivity (Wildman–Crippen MR) is 72.6 cm³/mol. The van der Waals surface area contributed by atoms with Crippen molar-refractivity contribution >= 4 is 23.6 Å². The summed E-state index contributed by atoms with van der Waals surface area (Å²) in [5.41, 5.74) is 0. The summed E-state index contributed by atoms with van der Waals surface area (Å²) in [6.45, 7) is 2.80. The standard InChI is InChI=1S/C13H20N2O3S/c1-13-5-4-11(17)15(13)10(8-19-13)12(18)14-6-2-3-9(14)7-16/h9-10,16H,2-8H2,1H3/t9-,10?,13?/m1/s1. The number of rotatable bonds is 2. The maximum Gasteiger partial charge on any atom is 0.246 e. The van der Waals surface area contributed by atoms with Gasteiger partial charge in [-0.25, -0.2) is 0 Å². The molecular weight excluding hydrogens is 264 g/mol. The van der Waals surface area contributed by atoms with Crippen molar-refractivity contribution in [1.82, 2.24) is 9.80 Å². The highest BCUT2D eigenvalue weighted by Gasteiger charge is 2.54. The van der Waals surface area contributed by atoms with Crippen molar-refractivity contribution in [2.75, 3.05) is 18.9 Å². The van der Waals surface area contributed by atoms with E-state index in [1.807, 2.05) is 0 Å². The van der Waals surface area contributed by atoms with Gasteiger partial charge >= 0.3 is 0 Å². The lowest BCUT2D eigenvalue weighted by Gasteiger charge is -2.33. The van der Waals surface area contributed by atoms with Crippen LogP contribution in [0.3, 0.4) is 0 Å². The fraction of sp³-hybridized carbons (Fsp3) is 0.846. The van der Waals surface area contributed by atoms with Crippen LogP contribution in [0, 0.1) is 0 Å². The minimum atomic E-state index is -0.322. The number of amides is 2. The van der Waals surface area contributed by atoms with Gasteiger partial charge in [0.05, 0.1) is 17.5 Å². The maximum atomic E-state index is 12.7. The van der Waals surface area contributed by atoms with Crippen molar-refractivity contribution in [2.24, 2.45) is 0 Å². The highest BCUT2D eigenvalue weighted by Crippen LogP contribution is 2.47. The van der Waals surface area contributed by atoms with E-state index in [1.54, 1.807) is 21.6 Å². The zero-order chi connectivity index (χ0) is 13.6. The Kier molecular flexibility index (Phi) is 3.25. The van der Waals surface area contributed by atoms with E-state index < -0.39 is 0 Å². The Morgan fingerprint density at radius 1 is 1.58 bits per heavy atom. The third-order valence-electron chi connectivity index (χ3n) is 4.60. The minimum absolute atomic E-state index is 0.0246. The van der Waals surface area contributed by atoms with Crippen LogP contribution in [0.4, 0.5) is 0 Å². The summed E-state index contributed by atoms with van der Waals surface area (Å²) in [5, 5.41) is 9.34. The van der Waals surface area contributed by atoms with E-state index in [2.05, 4.69) is 6.92 Å². The fourth-order valence-corrected chi connectivity index (χ4v) is 4.93. The Hall–Kier alpha value is -0.750. The largest absolute Gasteiger partial charge is 0.394 e. The third-order valence-corrected chi connectivity index (χ3v) is 6.11. The topological polar surface area (TPSA) is 60.9 Å². The van der Waals surface area contributed by atoms with Crippen LogP contribution in [0.5, 0.6) is 0 Å². The number of aliphatic hydroxyl groups excluding tert-OH is 1. The van der Waals surface area contributed by atoms with E-state index in [-0.39, 0.29) is 35.4 Å². The first kappa shape index (κ1) is 13.2. The second kappa shape index (κ2) is 4.66. The molecule has 106 valence electrons. The number of aliphatic hydroxyl groups is 1. The summed E-state index contributed by atoms with van der Waals surface area (Å²) in [6.07, 6.45) is 3.20. The molecule has 0 bridgehead atoms. The first-order valence-electron chi connectivity index (χ1n) is 6.94. The Morgan fingerprint density at radius 2 is 2.37 bits per heavy atom. The van der Waals surface area contributed by atoms with E-state index in [9.17, 15) is 14.7 Å². The normalized spacial score (nSPS) is 38.1. The molecule has 0 saturated carbocycles. The van der Waals surface area contributed by atoms with Crippen LogP contribution in [-0.4, -0.2) is 62.6 Å². The van der Waals surface area contributed by atoms with Gasteiger partial charge in [0, 0.05) is 18.7 Å². The molecule has 3 aliphatic heterocycles. The zero-order valence-corrected chi connectivity index (χ0v) is 12.0. The molecule has 19 heavy (non-hydrogen) atoms. The van der Waals surface area contributed by atoms with Crippen molar-refractivity contribution in [3.05, 3.63) is 0 Å². The van der Waals surface area contributed by atoms with Gasteiger partial charge in [-0.15, -0.1) is 11.8 Å². The Labute approximate surface area is 117 Å². The van der Waals surface area contributed by atoms with Gasteiger partial charge < -0.3 is 14.9 Å². The summed E-state index contributed by atoms with van der Waals surface area (Å²) < 4.78 is 0. The maximum absolute atomic E-state index is 12.7. The molecule has 0 aliphatic carbocycles. The number of carbonyl (C=O) groups is 2. The average molecular weight is 284 g/mol. The summed E-state index contributed by atoms with van der Waals surface area (Å²) in [6, 6.07) is -0.376. The van der Waals surface area contributed by atoms with Crippen LogP contribution < -0.4 is 0 Å². The molecule has 0 spiro atoms. The quantitative estimate of drug-likeness (QED) is 0.798. The molecule has 0 radical (unpaired) electrons. The number of nitrogens with zero attached hydrogens (tertiary/aromatic N) is 2. The molecule has 1 N–H and O–H groups in total. The molecule has 0 aromatic rings. The minimum Gasteiger partial charge on any atom is -0.394 e. The SMILES string of the molecule is CC12CCC(=O)N1C(C(=O)N1CCC[C@@H]1CO)CS2. The van der Waals surface area contributed by atoms with Crippen molar-refractivity contribution in [2.45, 2.75) is 49.6 Å². The molecule has 3 rings (SSSR count). The van der Waals surface area contributed by atoms with Crippen LogP contribution in [0.2, 0.25) is 0 Å².